The molecule has 0 radical (unpaired) electrons. The van der Waals surface area contributed by atoms with Gasteiger partial charge in [-0.2, -0.15) is 0 Å². The fourth-order valence-corrected chi connectivity index (χ4v) is 4.21. The van der Waals surface area contributed by atoms with E-state index < -0.39 is 0 Å². The molecule has 2 aliphatic heterocycles. The molecule has 25 heavy (non-hydrogen) atoms. The van der Waals surface area contributed by atoms with Gasteiger partial charge in [-0.1, -0.05) is 6.07 Å². The minimum absolute atomic E-state index is 0.0559. The van der Waals surface area contributed by atoms with Gasteiger partial charge in [0.15, 0.2) is 0 Å². The van der Waals surface area contributed by atoms with Crippen molar-refractivity contribution in [3.63, 3.8) is 0 Å². The average molecular weight is 342 g/mol. The van der Waals surface area contributed by atoms with E-state index in [1.165, 1.54) is 5.56 Å². The summed E-state index contributed by atoms with van der Waals surface area (Å²) in [6.45, 7) is 4.74. The van der Waals surface area contributed by atoms with E-state index in [0.717, 1.165) is 51.9 Å². The molecule has 5 nitrogen and oxygen atoms in total. The van der Waals surface area contributed by atoms with Crippen LogP contribution in [-0.4, -0.2) is 41.8 Å². The Morgan fingerprint density at radius 3 is 2.92 bits per heavy atom. The third-order valence-corrected chi connectivity index (χ3v) is 5.64. The molecule has 0 unspecified atom stereocenters. The van der Waals surface area contributed by atoms with E-state index in [2.05, 4.69) is 9.88 Å². The molecular weight excluding hydrogens is 316 g/mol. The molecule has 4 heterocycles. The maximum absolute atomic E-state index is 6.26. The van der Waals surface area contributed by atoms with Gasteiger partial charge >= 0.3 is 0 Å². The first-order valence-corrected chi connectivity index (χ1v) is 9.25. The second kappa shape index (κ2) is 7.58. The SMILES string of the molecule is c1ccc(OCC[C@@H]2CCOC23CCN(Cc2ccoc2)CC3)nc1. The van der Waals surface area contributed by atoms with Gasteiger partial charge in [-0.15, -0.1) is 0 Å². The zero-order valence-electron chi connectivity index (χ0n) is 14.6. The van der Waals surface area contributed by atoms with Crippen molar-refractivity contribution < 1.29 is 13.9 Å². The fourth-order valence-electron chi connectivity index (χ4n) is 4.21. The van der Waals surface area contributed by atoms with Crippen LogP contribution in [0.1, 0.15) is 31.2 Å². The van der Waals surface area contributed by atoms with E-state index in [1.54, 1.807) is 12.5 Å². The van der Waals surface area contributed by atoms with Gasteiger partial charge < -0.3 is 13.9 Å². The molecule has 4 rings (SSSR count). The average Bonchev–Trinajstić information content (AvgIpc) is 3.29. The smallest absolute Gasteiger partial charge is 0.213 e. The molecule has 0 saturated carbocycles. The fraction of sp³-hybridized carbons (Fsp3) is 0.550. The number of furan rings is 1. The molecule has 0 N–H and O–H groups in total. The van der Waals surface area contributed by atoms with Crippen LogP contribution in [0, 0.1) is 5.92 Å². The van der Waals surface area contributed by atoms with Crippen LogP contribution in [0.3, 0.4) is 0 Å². The Labute approximate surface area is 148 Å². The number of ether oxygens (including phenoxy) is 2. The molecule has 0 amide bonds. The maximum atomic E-state index is 6.26. The van der Waals surface area contributed by atoms with Crippen LogP contribution in [0.25, 0.3) is 0 Å². The van der Waals surface area contributed by atoms with Gasteiger partial charge in [0.25, 0.3) is 0 Å². The lowest BCUT2D eigenvalue weighted by molar-refractivity contribution is -0.0709. The standard InChI is InChI=1S/C20H26N2O3/c1-2-9-21-19(3-1)24-13-5-18-6-14-25-20(18)7-10-22(11-8-20)15-17-4-12-23-16-17/h1-4,9,12,16,18H,5-8,10-11,13-15H2/t18-/m1/s1. The first kappa shape index (κ1) is 16.6. The summed E-state index contributed by atoms with van der Waals surface area (Å²) in [5.41, 5.74) is 1.31. The van der Waals surface area contributed by atoms with E-state index in [1.807, 2.05) is 30.5 Å². The minimum Gasteiger partial charge on any atom is -0.478 e. The summed E-state index contributed by atoms with van der Waals surface area (Å²) in [7, 11) is 0. The zero-order valence-corrected chi connectivity index (χ0v) is 14.6. The van der Waals surface area contributed by atoms with Crippen molar-refractivity contribution in [2.45, 2.75) is 37.8 Å². The number of nitrogens with zero attached hydrogens (tertiary/aromatic N) is 2. The first-order chi connectivity index (χ1) is 12.3. The monoisotopic (exact) mass is 342 g/mol. The Morgan fingerprint density at radius 2 is 2.16 bits per heavy atom. The highest BCUT2D eigenvalue weighted by atomic mass is 16.5. The molecule has 2 aliphatic rings. The normalized spacial score (nSPS) is 23.1. The lowest BCUT2D eigenvalue weighted by Gasteiger charge is -2.42. The van der Waals surface area contributed by atoms with E-state index >= 15 is 0 Å². The summed E-state index contributed by atoms with van der Waals surface area (Å²) >= 11 is 0. The Morgan fingerprint density at radius 1 is 1.24 bits per heavy atom. The highest BCUT2D eigenvalue weighted by molar-refractivity contribution is 5.09. The topological polar surface area (TPSA) is 47.7 Å². The zero-order chi connectivity index (χ0) is 17.0. The van der Waals surface area contributed by atoms with Gasteiger partial charge in [0.1, 0.15) is 0 Å². The van der Waals surface area contributed by atoms with E-state index in [9.17, 15) is 0 Å². The molecule has 1 spiro atoms. The molecule has 2 fully saturated rings. The molecule has 134 valence electrons. The number of rotatable bonds is 6. The Kier molecular flexibility index (Phi) is 5.04. The summed E-state index contributed by atoms with van der Waals surface area (Å²) < 4.78 is 17.2. The third-order valence-electron chi connectivity index (χ3n) is 5.64. The highest BCUT2D eigenvalue weighted by Gasteiger charge is 2.45. The molecular formula is C20H26N2O3. The predicted molar refractivity (Wildman–Crippen MR) is 94.4 cm³/mol. The van der Waals surface area contributed by atoms with Crippen LogP contribution < -0.4 is 4.74 Å². The lowest BCUT2D eigenvalue weighted by atomic mass is 9.78. The summed E-state index contributed by atoms with van der Waals surface area (Å²) in [5.74, 6) is 1.30. The van der Waals surface area contributed by atoms with Crippen molar-refractivity contribution in [3.8, 4) is 5.88 Å². The number of aromatic nitrogens is 1. The van der Waals surface area contributed by atoms with Crippen LogP contribution in [0.5, 0.6) is 5.88 Å². The summed E-state index contributed by atoms with van der Waals surface area (Å²) in [5, 5.41) is 0. The highest BCUT2D eigenvalue weighted by Crippen LogP contribution is 2.42. The lowest BCUT2D eigenvalue weighted by Crippen LogP contribution is -2.47. The predicted octanol–water partition coefficient (Wildman–Crippen LogP) is 3.51. The third kappa shape index (κ3) is 3.88. The van der Waals surface area contributed by atoms with E-state index in [-0.39, 0.29) is 5.60 Å². The minimum atomic E-state index is 0.0559. The van der Waals surface area contributed by atoms with Gasteiger partial charge in [-0.05, 0) is 43.7 Å². The Hall–Kier alpha value is -1.85. The van der Waals surface area contributed by atoms with Crippen LogP contribution in [0.15, 0.2) is 47.4 Å². The quantitative estimate of drug-likeness (QED) is 0.804. The molecule has 0 aliphatic carbocycles. The van der Waals surface area contributed by atoms with Crippen molar-refractivity contribution in [1.29, 1.82) is 0 Å². The van der Waals surface area contributed by atoms with Crippen molar-refractivity contribution in [2.75, 3.05) is 26.3 Å². The van der Waals surface area contributed by atoms with Crippen molar-refractivity contribution in [1.82, 2.24) is 9.88 Å². The largest absolute Gasteiger partial charge is 0.478 e. The number of hydrogen-bond donors (Lipinski definition) is 0. The molecule has 1 atom stereocenters. The molecule has 2 aromatic heterocycles. The van der Waals surface area contributed by atoms with Gasteiger partial charge in [-0.25, -0.2) is 4.98 Å². The van der Waals surface area contributed by atoms with Gasteiger partial charge in [-0.3, -0.25) is 4.90 Å². The summed E-state index contributed by atoms with van der Waals surface area (Å²) in [4.78, 5) is 6.72. The molecule has 5 heteroatoms. The van der Waals surface area contributed by atoms with Crippen LogP contribution in [0.4, 0.5) is 0 Å². The first-order valence-electron chi connectivity index (χ1n) is 9.25. The van der Waals surface area contributed by atoms with Crippen molar-refractivity contribution >= 4 is 0 Å². The van der Waals surface area contributed by atoms with Crippen LogP contribution in [-0.2, 0) is 11.3 Å². The number of piperidine rings is 1. The summed E-state index contributed by atoms with van der Waals surface area (Å²) in [6.07, 6.45) is 9.77. The van der Waals surface area contributed by atoms with E-state index in [4.69, 9.17) is 13.9 Å². The molecule has 2 aromatic rings. The molecule has 0 bridgehead atoms. The van der Waals surface area contributed by atoms with Crippen LogP contribution in [0.2, 0.25) is 0 Å². The number of hydrogen-bond acceptors (Lipinski definition) is 5. The van der Waals surface area contributed by atoms with Crippen molar-refractivity contribution in [2.24, 2.45) is 5.92 Å². The van der Waals surface area contributed by atoms with Gasteiger partial charge in [0.2, 0.25) is 5.88 Å². The summed E-state index contributed by atoms with van der Waals surface area (Å²) in [6, 6.07) is 7.83. The molecule has 0 aromatic carbocycles. The number of likely N-dealkylation sites (tertiary alicyclic amines) is 1. The Bertz CT molecular complexity index is 636. The second-order valence-corrected chi connectivity index (χ2v) is 7.11. The number of pyridine rings is 1. The van der Waals surface area contributed by atoms with Crippen LogP contribution >= 0.6 is 0 Å². The molecule has 2 saturated heterocycles. The Balaban J connectivity index is 1.27. The maximum Gasteiger partial charge on any atom is 0.213 e. The van der Waals surface area contributed by atoms with E-state index in [0.29, 0.717) is 18.4 Å². The second-order valence-electron chi connectivity index (χ2n) is 7.11. The van der Waals surface area contributed by atoms with Crippen molar-refractivity contribution in [3.05, 3.63) is 48.6 Å². The van der Waals surface area contributed by atoms with Gasteiger partial charge in [0, 0.05) is 44.1 Å². The van der Waals surface area contributed by atoms with Gasteiger partial charge in [0.05, 0.1) is 24.7 Å².